The molecule has 4 fully saturated rings. The zero-order valence-electron chi connectivity index (χ0n) is 21.1. The topological polar surface area (TPSA) is 6.48 Å². The van der Waals surface area contributed by atoms with Crippen molar-refractivity contribution in [3.05, 3.63) is 0 Å². The molecule has 3 aliphatic carbocycles. The third kappa shape index (κ3) is 6.46. The first kappa shape index (κ1) is 26.0. The Morgan fingerprint density at radius 1 is 0.893 bits per heavy atom. The Morgan fingerprint density at radius 3 is 1.79 bits per heavy atom. The minimum absolute atomic E-state index is 0.651. The van der Waals surface area contributed by atoms with Gasteiger partial charge < -0.3 is 9.80 Å². The van der Waals surface area contributed by atoms with Gasteiger partial charge in [-0.2, -0.15) is 0 Å². The Hall–Kier alpha value is -0.0800. The van der Waals surface area contributed by atoms with Crippen LogP contribution in [0.3, 0.4) is 0 Å². The van der Waals surface area contributed by atoms with Gasteiger partial charge in [0, 0.05) is 19.1 Å². The van der Waals surface area contributed by atoms with Crippen molar-refractivity contribution in [2.45, 2.75) is 113 Å². The average molecular weight is 395 g/mol. The predicted molar refractivity (Wildman–Crippen MR) is 127 cm³/mol. The van der Waals surface area contributed by atoms with Gasteiger partial charge in [-0.05, 0) is 94.2 Å². The molecule has 0 bridgehead atoms. The number of rotatable bonds is 4. The second kappa shape index (κ2) is 11.9. The molecule has 1 heterocycles. The lowest BCUT2D eigenvalue weighted by Gasteiger charge is -2.53. The summed E-state index contributed by atoms with van der Waals surface area (Å²) in [6.45, 7) is 23.0. The SMILES string of the molecule is CC.CC.CC1CC[C@@]12CCCN(C)C2.CCN(CC1(C)CCC1C)C1CC1. The van der Waals surface area contributed by atoms with Crippen LogP contribution in [0, 0.1) is 22.7 Å². The van der Waals surface area contributed by atoms with E-state index in [2.05, 4.69) is 44.5 Å². The molecule has 0 aromatic rings. The molecule has 3 saturated carbocycles. The van der Waals surface area contributed by atoms with Gasteiger partial charge in [-0.15, -0.1) is 0 Å². The molecule has 168 valence electrons. The molecule has 0 aromatic heterocycles. The maximum Gasteiger partial charge on any atom is 0.00965 e. The summed E-state index contributed by atoms with van der Waals surface area (Å²) >= 11 is 0. The lowest BCUT2D eigenvalue weighted by Crippen LogP contribution is -2.50. The fourth-order valence-electron chi connectivity index (χ4n) is 5.41. The largest absolute Gasteiger partial charge is 0.306 e. The van der Waals surface area contributed by atoms with Gasteiger partial charge in [0.1, 0.15) is 0 Å². The van der Waals surface area contributed by atoms with Crippen molar-refractivity contribution in [3.8, 4) is 0 Å². The zero-order valence-corrected chi connectivity index (χ0v) is 21.1. The van der Waals surface area contributed by atoms with Gasteiger partial charge in [-0.25, -0.2) is 0 Å². The van der Waals surface area contributed by atoms with Gasteiger partial charge >= 0.3 is 0 Å². The van der Waals surface area contributed by atoms with Crippen LogP contribution in [-0.2, 0) is 0 Å². The summed E-state index contributed by atoms with van der Waals surface area (Å²) in [6, 6.07) is 0.953. The first-order valence-electron chi connectivity index (χ1n) is 12.8. The molecule has 1 spiro atoms. The molecule has 4 rings (SSSR count). The molecule has 28 heavy (non-hydrogen) atoms. The Labute approximate surface area is 178 Å². The zero-order chi connectivity index (χ0) is 21.4. The highest BCUT2D eigenvalue weighted by molar-refractivity contribution is 4.97. The van der Waals surface area contributed by atoms with Crippen LogP contribution in [0.25, 0.3) is 0 Å². The van der Waals surface area contributed by atoms with Crippen LogP contribution in [-0.4, -0.2) is 49.1 Å². The highest BCUT2D eigenvalue weighted by atomic mass is 15.2. The molecule has 3 unspecified atom stereocenters. The van der Waals surface area contributed by atoms with Gasteiger partial charge in [0.25, 0.3) is 0 Å². The molecular formula is C26H54N2. The van der Waals surface area contributed by atoms with E-state index >= 15 is 0 Å². The Balaban J connectivity index is 0.000000240. The first-order valence-corrected chi connectivity index (χ1v) is 12.8. The molecule has 1 aliphatic heterocycles. The molecular weight excluding hydrogens is 340 g/mol. The van der Waals surface area contributed by atoms with Crippen LogP contribution < -0.4 is 0 Å². The Morgan fingerprint density at radius 2 is 1.50 bits per heavy atom. The quantitative estimate of drug-likeness (QED) is 0.502. The Kier molecular flexibility index (Phi) is 11.1. The van der Waals surface area contributed by atoms with E-state index in [1.807, 2.05) is 27.7 Å². The summed E-state index contributed by atoms with van der Waals surface area (Å²) in [5.74, 6) is 1.96. The van der Waals surface area contributed by atoms with Gasteiger partial charge in [0.2, 0.25) is 0 Å². The van der Waals surface area contributed by atoms with Crippen LogP contribution in [0.5, 0.6) is 0 Å². The van der Waals surface area contributed by atoms with Crippen molar-refractivity contribution in [3.63, 3.8) is 0 Å². The van der Waals surface area contributed by atoms with Gasteiger partial charge in [0.05, 0.1) is 0 Å². The number of piperidine rings is 1. The van der Waals surface area contributed by atoms with Gasteiger partial charge in [-0.1, -0.05) is 55.4 Å². The van der Waals surface area contributed by atoms with Crippen molar-refractivity contribution in [1.82, 2.24) is 9.80 Å². The van der Waals surface area contributed by atoms with Gasteiger partial charge in [-0.3, -0.25) is 0 Å². The maximum absolute atomic E-state index is 2.70. The van der Waals surface area contributed by atoms with Crippen molar-refractivity contribution in [2.24, 2.45) is 22.7 Å². The van der Waals surface area contributed by atoms with Crippen molar-refractivity contribution in [2.75, 3.05) is 33.2 Å². The van der Waals surface area contributed by atoms with Crippen LogP contribution in [0.4, 0.5) is 0 Å². The highest BCUT2D eigenvalue weighted by Gasteiger charge is 2.45. The predicted octanol–water partition coefficient (Wildman–Crippen LogP) is 7.09. The summed E-state index contributed by atoms with van der Waals surface area (Å²) in [6.07, 6.45) is 11.7. The lowest BCUT2D eigenvalue weighted by molar-refractivity contribution is -0.0261. The van der Waals surface area contributed by atoms with Crippen molar-refractivity contribution in [1.29, 1.82) is 0 Å². The Bertz CT molecular complexity index is 419. The molecule has 0 amide bonds. The third-order valence-electron chi connectivity index (χ3n) is 8.29. The third-order valence-corrected chi connectivity index (χ3v) is 8.29. The molecule has 2 heteroatoms. The number of hydrogen-bond donors (Lipinski definition) is 0. The van der Waals surface area contributed by atoms with E-state index in [-0.39, 0.29) is 0 Å². The highest BCUT2D eigenvalue weighted by Crippen LogP contribution is 2.51. The number of nitrogens with zero attached hydrogens (tertiary/aromatic N) is 2. The summed E-state index contributed by atoms with van der Waals surface area (Å²) in [5, 5.41) is 0. The summed E-state index contributed by atoms with van der Waals surface area (Å²) in [4.78, 5) is 5.22. The van der Waals surface area contributed by atoms with E-state index < -0.39 is 0 Å². The lowest BCUT2D eigenvalue weighted by atomic mass is 9.57. The van der Waals surface area contributed by atoms with E-state index in [4.69, 9.17) is 0 Å². The number of likely N-dealkylation sites (tertiary alicyclic amines) is 1. The maximum atomic E-state index is 2.70. The average Bonchev–Trinajstić information content (AvgIpc) is 3.58. The van der Waals surface area contributed by atoms with E-state index in [9.17, 15) is 0 Å². The molecule has 1 saturated heterocycles. The summed E-state index contributed by atoms with van der Waals surface area (Å²) in [7, 11) is 2.27. The van der Waals surface area contributed by atoms with Crippen molar-refractivity contribution < 1.29 is 0 Å². The van der Waals surface area contributed by atoms with Gasteiger partial charge in [0.15, 0.2) is 0 Å². The standard InChI is InChI=1S/C12H23N.C10H19N.2C2H6/c1-4-13(11-5-6-11)9-12(3)8-7-10(12)2;1-9-4-6-10(9)5-3-7-11(2)8-10;2*1-2/h10-11H,4-9H2,1-3H3;9H,3-8H2,1-2H3;2*1-2H3/t;9?,10-;;/m.1../s1. The molecule has 2 nitrogen and oxygen atoms in total. The van der Waals surface area contributed by atoms with E-state index in [1.165, 1.54) is 77.5 Å². The second-order valence-electron chi connectivity index (χ2n) is 10.0. The fraction of sp³-hybridized carbons (Fsp3) is 1.00. The molecule has 0 N–H and O–H groups in total. The molecule has 0 radical (unpaired) electrons. The molecule has 4 aliphatic rings. The smallest absolute Gasteiger partial charge is 0.00965 e. The minimum atomic E-state index is 0.651. The van der Waals surface area contributed by atoms with E-state index in [0.29, 0.717) is 5.41 Å². The normalized spacial score (nSPS) is 36.6. The molecule has 0 aromatic carbocycles. The fourth-order valence-corrected chi connectivity index (χ4v) is 5.41. The minimum Gasteiger partial charge on any atom is -0.306 e. The van der Waals surface area contributed by atoms with Crippen molar-refractivity contribution >= 4 is 0 Å². The van der Waals surface area contributed by atoms with E-state index in [0.717, 1.165) is 23.3 Å². The van der Waals surface area contributed by atoms with Crippen LogP contribution in [0.1, 0.15) is 107 Å². The first-order chi connectivity index (χ1) is 13.4. The van der Waals surface area contributed by atoms with Crippen LogP contribution in [0.15, 0.2) is 0 Å². The van der Waals surface area contributed by atoms with E-state index in [1.54, 1.807) is 0 Å². The summed E-state index contributed by atoms with van der Waals surface area (Å²) < 4.78 is 0. The van der Waals surface area contributed by atoms with Crippen LogP contribution in [0.2, 0.25) is 0 Å². The second-order valence-corrected chi connectivity index (χ2v) is 10.0. The molecule has 4 atom stereocenters. The summed E-state index contributed by atoms with van der Waals surface area (Å²) in [5.41, 5.74) is 1.41. The number of hydrogen-bond acceptors (Lipinski definition) is 2. The monoisotopic (exact) mass is 394 g/mol. The van der Waals surface area contributed by atoms with Crippen LogP contribution >= 0.6 is 0 Å².